The molecule has 0 aliphatic carbocycles. The topological polar surface area (TPSA) is 54.9 Å². The first-order valence-corrected chi connectivity index (χ1v) is 6.59. The van der Waals surface area contributed by atoms with Gasteiger partial charge in [0.1, 0.15) is 0 Å². The number of hydrogen-bond acceptors (Lipinski definition) is 5. The van der Waals surface area contributed by atoms with Crippen LogP contribution in [-0.4, -0.2) is 34.7 Å². The third kappa shape index (κ3) is 3.81. The molecule has 0 saturated heterocycles. The van der Waals surface area contributed by atoms with Gasteiger partial charge in [0.2, 0.25) is 9.47 Å². The molecule has 1 rings (SSSR count). The molecule has 0 aliphatic heterocycles. The van der Waals surface area contributed by atoms with E-state index in [1.54, 1.807) is 11.8 Å². The minimum Gasteiger partial charge on any atom is -0.350 e. The molecule has 14 heavy (non-hydrogen) atoms. The Bertz CT molecular complexity index is 305. The molecule has 0 atom stereocenters. The largest absolute Gasteiger partial charge is 0.350 e. The second-order valence-corrected chi connectivity index (χ2v) is 5.01. The molecule has 1 aromatic rings. The van der Waals surface area contributed by atoms with E-state index in [1.807, 2.05) is 6.26 Å². The number of carbonyl (C=O) groups is 1. The van der Waals surface area contributed by atoms with E-state index < -0.39 is 0 Å². The summed E-state index contributed by atoms with van der Waals surface area (Å²) in [6.45, 7) is 0.664. The zero-order chi connectivity index (χ0) is 10.4. The monoisotopic (exact) mass is 251 g/mol. The minimum atomic E-state index is -0.199. The first kappa shape index (κ1) is 11.7. The van der Waals surface area contributed by atoms with Crippen LogP contribution in [0.4, 0.5) is 0 Å². The molecule has 1 N–H and O–H groups in total. The Kier molecular flexibility index (Phi) is 5.21. The van der Waals surface area contributed by atoms with Gasteiger partial charge in [0.25, 0.3) is 5.91 Å². The van der Waals surface area contributed by atoms with Crippen LogP contribution in [0.1, 0.15) is 16.2 Å². The second-order valence-electron chi connectivity index (χ2n) is 2.46. The Morgan fingerprint density at radius 2 is 2.43 bits per heavy atom. The number of aromatic nitrogens is 2. The van der Waals surface area contributed by atoms with Crippen LogP contribution in [0.15, 0.2) is 0 Å². The summed E-state index contributed by atoms with van der Waals surface area (Å²) in [4.78, 5) is 11.4. The van der Waals surface area contributed by atoms with Gasteiger partial charge in [-0.05, 0) is 30.0 Å². The molecule has 4 nitrogen and oxygen atoms in total. The smallest absolute Gasteiger partial charge is 0.282 e. The Morgan fingerprint density at radius 1 is 1.64 bits per heavy atom. The maximum absolute atomic E-state index is 11.4. The number of nitrogens with one attached hydrogen (secondary N) is 1. The van der Waals surface area contributed by atoms with E-state index in [-0.39, 0.29) is 5.91 Å². The normalized spacial score (nSPS) is 10.1. The van der Waals surface area contributed by atoms with E-state index in [9.17, 15) is 4.79 Å². The number of halogens is 1. The fraction of sp³-hybridized carbons (Fsp3) is 0.571. The molecule has 1 aromatic heterocycles. The standard InChI is InChI=1S/C7H10ClN3OS2/c1-13-4-2-3-9-5(12)6-10-11-7(8)14-6/h2-4H2,1H3,(H,9,12). The van der Waals surface area contributed by atoms with Crippen LogP contribution in [0.25, 0.3) is 0 Å². The summed E-state index contributed by atoms with van der Waals surface area (Å²) in [6.07, 6.45) is 2.99. The molecular weight excluding hydrogens is 242 g/mol. The van der Waals surface area contributed by atoms with Gasteiger partial charge in [-0.3, -0.25) is 4.79 Å². The molecule has 0 radical (unpaired) electrons. The van der Waals surface area contributed by atoms with Crippen molar-refractivity contribution in [3.05, 3.63) is 9.47 Å². The molecule has 0 unspecified atom stereocenters. The summed E-state index contributed by atoms with van der Waals surface area (Å²) in [6, 6.07) is 0. The number of amides is 1. The van der Waals surface area contributed by atoms with Crippen molar-refractivity contribution in [1.82, 2.24) is 15.5 Å². The van der Waals surface area contributed by atoms with Crippen LogP contribution in [-0.2, 0) is 0 Å². The van der Waals surface area contributed by atoms with Crippen molar-refractivity contribution >= 4 is 40.6 Å². The highest BCUT2D eigenvalue weighted by Gasteiger charge is 2.10. The average molecular weight is 252 g/mol. The maximum atomic E-state index is 11.4. The molecule has 0 spiro atoms. The first-order valence-electron chi connectivity index (χ1n) is 4.00. The Balaban J connectivity index is 2.29. The maximum Gasteiger partial charge on any atom is 0.282 e. The lowest BCUT2D eigenvalue weighted by molar-refractivity contribution is 0.0952. The van der Waals surface area contributed by atoms with Gasteiger partial charge < -0.3 is 5.32 Å². The van der Waals surface area contributed by atoms with Crippen molar-refractivity contribution in [3.8, 4) is 0 Å². The third-order valence-corrected chi connectivity index (χ3v) is 3.12. The fourth-order valence-corrected chi connectivity index (χ4v) is 1.97. The van der Waals surface area contributed by atoms with E-state index in [0.717, 1.165) is 23.5 Å². The van der Waals surface area contributed by atoms with Gasteiger partial charge in [0, 0.05) is 6.54 Å². The second kappa shape index (κ2) is 6.21. The molecule has 0 bridgehead atoms. The molecule has 1 amide bonds. The predicted molar refractivity (Wildman–Crippen MR) is 60.3 cm³/mol. The molecule has 0 aromatic carbocycles. The average Bonchev–Trinajstić information content (AvgIpc) is 2.59. The molecular formula is C7H10ClN3OS2. The Labute approximate surface area is 95.4 Å². The van der Waals surface area contributed by atoms with Gasteiger partial charge >= 0.3 is 0 Å². The van der Waals surface area contributed by atoms with Gasteiger partial charge in [-0.15, -0.1) is 10.2 Å². The lowest BCUT2D eigenvalue weighted by Gasteiger charge is -2.00. The van der Waals surface area contributed by atoms with Gasteiger partial charge in [-0.2, -0.15) is 11.8 Å². The molecule has 0 aliphatic rings. The van der Waals surface area contributed by atoms with Crippen LogP contribution in [0, 0.1) is 0 Å². The molecule has 1 heterocycles. The highest BCUT2D eigenvalue weighted by Crippen LogP contribution is 2.14. The van der Waals surface area contributed by atoms with Gasteiger partial charge in [-0.25, -0.2) is 0 Å². The Morgan fingerprint density at radius 3 is 3.00 bits per heavy atom. The number of carbonyl (C=O) groups excluding carboxylic acids is 1. The van der Waals surface area contributed by atoms with Crippen molar-refractivity contribution in [2.45, 2.75) is 6.42 Å². The van der Waals surface area contributed by atoms with Crippen LogP contribution in [0.2, 0.25) is 4.47 Å². The fourth-order valence-electron chi connectivity index (χ4n) is 0.791. The number of rotatable bonds is 5. The van der Waals surface area contributed by atoms with Crippen LogP contribution in [0.5, 0.6) is 0 Å². The summed E-state index contributed by atoms with van der Waals surface area (Å²) in [5.74, 6) is 0.840. The summed E-state index contributed by atoms with van der Waals surface area (Å²) in [7, 11) is 0. The summed E-state index contributed by atoms with van der Waals surface area (Å²) < 4.78 is 0.291. The van der Waals surface area contributed by atoms with E-state index in [4.69, 9.17) is 11.6 Å². The Hall–Kier alpha value is -0.330. The summed E-state index contributed by atoms with van der Waals surface area (Å²) in [5, 5.41) is 10.2. The molecule has 0 fully saturated rings. The SMILES string of the molecule is CSCCCNC(=O)c1nnc(Cl)s1. The molecule has 78 valence electrons. The van der Waals surface area contributed by atoms with Crippen LogP contribution in [0.3, 0.4) is 0 Å². The third-order valence-electron chi connectivity index (χ3n) is 1.41. The first-order chi connectivity index (χ1) is 6.74. The van der Waals surface area contributed by atoms with E-state index in [1.165, 1.54) is 0 Å². The van der Waals surface area contributed by atoms with E-state index in [2.05, 4.69) is 15.5 Å². The molecule has 7 heteroatoms. The van der Waals surface area contributed by atoms with Crippen molar-refractivity contribution in [2.75, 3.05) is 18.6 Å². The van der Waals surface area contributed by atoms with E-state index in [0.29, 0.717) is 16.0 Å². The van der Waals surface area contributed by atoms with Crippen molar-refractivity contribution in [1.29, 1.82) is 0 Å². The summed E-state index contributed by atoms with van der Waals surface area (Å²) in [5.41, 5.74) is 0. The number of nitrogens with zero attached hydrogens (tertiary/aromatic N) is 2. The quantitative estimate of drug-likeness (QED) is 0.809. The van der Waals surface area contributed by atoms with Crippen molar-refractivity contribution in [3.63, 3.8) is 0 Å². The van der Waals surface area contributed by atoms with Crippen molar-refractivity contribution < 1.29 is 4.79 Å². The van der Waals surface area contributed by atoms with Crippen LogP contribution < -0.4 is 5.32 Å². The highest BCUT2D eigenvalue weighted by atomic mass is 35.5. The lowest BCUT2D eigenvalue weighted by atomic mass is 10.4. The zero-order valence-electron chi connectivity index (χ0n) is 7.62. The van der Waals surface area contributed by atoms with Crippen molar-refractivity contribution in [2.24, 2.45) is 0 Å². The van der Waals surface area contributed by atoms with Gasteiger partial charge in [0.05, 0.1) is 0 Å². The predicted octanol–water partition coefficient (Wildman–Crippen LogP) is 1.67. The lowest BCUT2D eigenvalue weighted by Crippen LogP contribution is -2.24. The van der Waals surface area contributed by atoms with Gasteiger partial charge in [0.15, 0.2) is 0 Å². The number of thioether (sulfide) groups is 1. The zero-order valence-corrected chi connectivity index (χ0v) is 10.0. The number of hydrogen-bond donors (Lipinski definition) is 1. The van der Waals surface area contributed by atoms with E-state index >= 15 is 0 Å². The van der Waals surface area contributed by atoms with Crippen LogP contribution >= 0.6 is 34.7 Å². The highest BCUT2D eigenvalue weighted by molar-refractivity contribution is 7.98. The van der Waals surface area contributed by atoms with Gasteiger partial charge in [-0.1, -0.05) is 11.3 Å². The minimum absolute atomic E-state index is 0.199. The molecule has 0 saturated carbocycles. The summed E-state index contributed by atoms with van der Waals surface area (Å²) >= 11 is 8.39.